The molecule has 1 aromatic heterocycles. The maximum absolute atomic E-state index is 13.3. The highest BCUT2D eigenvalue weighted by Gasteiger charge is 2.20. The molecule has 0 amide bonds. The molecule has 0 radical (unpaired) electrons. The van der Waals surface area contributed by atoms with Crippen LogP contribution in [-0.4, -0.2) is 4.98 Å². The lowest BCUT2D eigenvalue weighted by molar-refractivity contribution is 0.515. The second-order valence-corrected chi connectivity index (χ2v) is 4.06. The van der Waals surface area contributed by atoms with E-state index in [0.717, 1.165) is 11.1 Å². The lowest BCUT2D eigenvalue weighted by Crippen LogP contribution is -2.15. The largest absolute Gasteiger partial charge is 0.261 e. The Labute approximate surface area is 72.6 Å². The number of rotatable bonds is 0. The van der Waals surface area contributed by atoms with E-state index in [4.69, 9.17) is 0 Å². The van der Waals surface area contributed by atoms with Crippen molar-refractivity contribution in [1.82, 2.24) is 4.98 Å². The quantitative estimate of drug-likeness (QED) is 0.579. The van der Waals surface area contributed by atoms with E-state index in [2.05, 4.69) is 4.98 Å². The van der Waals surface area contributed by atoms with Crippen LogP contribution in [-0.2, 0) is 5.41 Å². The minimum absolute atomic E-state index is 0.142. The molecule has 0 unspecified atom stereocenters. The van der Waals surface area contributed by atoms with Crippen molar-refractivity contribution in [3.05, 3.63) is 29.3 Å². The summed E-state index contributed by atoms with van der Waals surface area (Å²) in [5.41, 5.74) is 1.54. The minimum atomic E-state index is -0.206. The highest BCUT2D eigenvalue weighted by molar-refractivity contribution is 5.29. The first-order valence-corrected chi connectivity index (χ1v) is 4.03. The number of halogens is 1. The second-order valence-electron chi connectivity index (χ2n) is 4.06. The van der Waals surface area contributed by atoms with Crippen LogP contribution in [0.2, 0.25) is 0 Å². The minimum Gasteiger partial charge on any atom is -0.261 e. The standard InChI is InChI=1S/C10H14FN/c1-7-5-12-6-8(11)9(7)10(2,3)4/h5-6H,1-4H3. The molecule has 0 fully saturated rings. The molecule has 0 aliphatic heterocycles. The molecular formula is C10H14FN. The van der Waals surface area contributed by atoms with Crippen molar-refractivity contribution >= 4 is 0 Å². The maximum Gasteiger partial charge on any atom is 0.145 e. The SMILES string of the molecule is Cc1cncc(F)c1C(C)(C)C. The van der Waals surface area contributed by atoms with Gasteiger partial charge in [-0.25, -0.2) is 4.39 Å². The molecule has 0 bridgehead atoms. The van der Waals surface area contributed by atoms with E-state index in [1.165, 1.54) is 6.20 Å². The lowest BCUT2D eigenvalue weighted by Gasteiger charge is -2.21. The summed E-state index contributed by atoms with van der Waals surface area (Å²) in [5, 5.41) is 0. The summed E-state index contributed by atoms with van der Waals surface area (Å²) in [6, 6.07) is 0. The maximum atomic E-state index is 13.3. The molecule has 0 aliphatic rings. The topological polar surface area (TPSA) is 12.9 Å². The molecule has 0 aliphatic carbocycles. The fourth-order valence-corrected chi connectivity index (χ4v) is 1.48. The summed E-state index contributed by atoms with van der Waals surface area (Å²) in [6.45, 7) is 7.88. The molecule has 0 spiro atoms. The predicted octanol–water partition coefficient (Wildman–Crippen LogP) is 2.83. The number of pyridine rings is 1. The van der Waals surface area contributed by atoms with Crippen LogP contribution in [0.1, 0.15) is 31.9 Å². The third-order valence-corrected chi connectivity index (χ3v) is 1.84. The highest BCUT2D eigenvalue weighted by Crippen LogP contribution is 2.26. The number of aromatic nitrogens is 1. The molecule has 1 nitrogen and oxygen atoms in total. The van der Waals surface area contributed by atoms with E-state index >= 15 is 0 Å². The summed E-state index contributed by atoms with van der Waals surface area (Å²) in [7, 11) is 0. The van der Waals surface area contributed by atoms with Gasteiger partial charge in [0.05, 0.1) is 6.20 Å². The summed E-state index contributed by atoms with van der Waals surface area (Å²) in [5.74, 6) is -0.206. The predicted molar refractivity (Wildman–Crippen MR) is 47.6 cm³/mol. The first-order chi connectivity index (χ1) is 5.43. The van der Waals surface area contributed by atoms with Gasteiger partial charge < -0.3 is 0 Å². The third kappa shape index (κ3) is 1.63. The fraction of sp³-hybridized carbons (Fsp3) is 0.500. The number of hydrogen-bond donors (Lipinski definition) is 0. The summed E-state index contributed by atoms with van der Waals surface area (Å²) in [6.07, 6.45) is 2.97. The van der Waals surface area contributed by atoms with Gasteiger partial charge in [0.25, 0.3) is 0 Å². The van der Waals surface area contributed by atoms with Gasteiger partial charge in [0.2, 0.25) is 0 Å². The average Bonchev–Trinajstić information content (AvgIpc) is 1.82. The van der Waals surface area contributed by atoms with Crippen LogP contribution < -0.4 is 0 Å². The molecule has 1 rings (SSSR count). The van der Waals surface area contributed by atoms with Gasteiger partial charge in [-0.1, -0.05) is 20.8 Å². The van der Waals surface area contributed by atoms with Crippen molar-refractivity contribution in [3.8, 4) is 0 Å². The molecule has 0 saturated carbocycles. The van der Waals surface area contributed by atoms with E-state index in [0.29, 0.717) is 0 Å². The summed E-state index contributed by atoms with van der Waals surface area (Å²) >= 11 is 0. The van der Waals surface area contributed by atoms with Crippen molar-refractivity contribution in [3.63, 3.8) is 0 Å². The summed E-state index contributed by atoms with van der Waals surface area (Å²) in [4.78, 5) is 3.78. The van der Waals surface area contributed by atoms with Gasteiger partial charge in [-0.2, -0.15) is 0 Å². The zero-order chi connectivity index (χ0) is 9.35. The van der Waals surface area contributed by atoms with Crippen LogP contribution in [0, 0.1) is 12.7 Å². The van der Waals surface area contributed by atoms with Crippen LogP contribution in [0.25, 0.3) is 0 Å². The van der Waals surface area contributed by atoms with Gasteiger partial charge in [0, 0.05) is 6.20 Å². The van der Waals surface area contributed by atoms with Crippen molar-refractivity contribution in [2.45, 2.75) is 33.1 Å². The fourth-order valence-electron chi connectivity index (χ4n) is 1.48. The van der Waals surface area contributed by atoms with E-state index in [9.17, 15) is 4.39 Å². The zero-order valence-corrected chi connectivity index (χ0v) is 7.98. The molecule has 1 aromatic rings. The molecule has 0 saturated heterocycles. The van der Waals surface area contributed by atoms with Crippen LogP contribution in [0.3, 0.4) is 0 Å². The molecule has 0 aromatic carbocycles. The van der Waals surface area contributed by atoms with Crippen LogP contribution in [0.5, 0.6) is 0 Å². The van der Waals surface area contributed by atoms with Crippen LogP contribution >= 0.6 is 0 Å². The Balaban J connectivity index is 3.31. The van der Waals surface area contributed by atoms with Gasteiger partial charge in [-0.05, 0) is 23.5 Å². The normalized spacial score (nSPS) is 11.8. The molecule has 0 atom stereocenters. The van der Waals surface area contributed by atoms with Crippen molar-refractivity contribution in [1.29, 1.82) is 0 Å². The summed E-state index contributed by atoms with van der Waals surface area (Å²) < 4.78 is 13.3. The van der Waals surface area contributed by atoms with Gasteiger partial charge in [0.15, 0.2) is 0 Å². The monoisotopic (exact) mass is 167 g/mol. The van der Waals surface area contributed by atoms with Crippen molar-refractivity contribution < 1.29 is 4.39 Å². The Kier molecular flexibility index (Phi) is 2.18. The van der Waals surface area contributed by atoms with Gasteiger partial charge >= 0.3 is 0 Å². The first-order valence-electron chi connectivity index (χ1n) is 4.03. The van der Waals surface area contributed by atoms with Gasteiger partial charge in [0.1, 0.15) is 5.82 Å². The lowest BCUT2D eigenvalue weighted by atomic mass is 9.85. The van der Waals surface area contributed by atoms with Crippen molar-refractivity contribution in [2.75, 3.05) is 0 Å². The number of hydrogen-bond acceptors (Lipinski definition) is 1. The Morgan fingerprint density at radius 1 is 1.25 bits per heavy atom. The van der Waals surface area contributed by atoms with Crippen molar-refractivity contribution in [2.24, 2.45) is 0 Å². The second kappa shape index (κ2) is 2.85. The van der Waals surface area contributed by atoms with E-state index in [1.807, 2.05) is 27.7 Å². The average molecular weight is 167 g/mol. The molecule has 12 heavy (non-hydrogen) atoms. The van der Waals surface area contributed by atoms with E-state index < -0.39 is 0 Å². The van der Waals surface area contributed by atoms with E-state index in [-0.39, 0.29) is 11.2 Å². The smallest absolute Gasteiger partial charge is 0.145 e. The van der Waals surface area contributed by atoms with Crippen LogP contribution in [0.4, 0.5) is 4.39 Å². The highest BCUT2D eigenvalue weighted by atomic mass is 19.1. The van der Waals surface area contributed by atoms with Gasteiger partial charge in [-0.3, -0.25) is 4.98 Å². The Morgan fingerprint density at radius 3 is 2.17 bits per heavy atom. The Bertz CT molecular complexity index is 266. The van der Waals surface area contributed by atoms with Gasteiger partial charge in [-0.15, -0.1) is 0 Å². The molecule has 0 N–H and O–H groups in total. The number of aryl methyl sites for hydroxylation is 1. The van der Waals surface area contributed by atoms with E-state index in [1.54, 1.807) is 6.20 Å². The van der Waals surface area contributed by atoms with Crippen LogP contribution in [0.15, 0.2) is 12.4 Å². The number of nitrogens with zero attached hydrogens (tertiary/aromatic N) is 1. The Morgan fingerprint density at radius 2 is 1.83 bits per heavy atom. The molecular weight excluding hydrogens is 153 g/mol. The first kappa shape index (κ1) is 9.17. The Hall–Kier alpha value is -0.920. The zero-order valence-electron chi connectivity index (χ0n) is 7.98. The molecule has 2 heteroatoms. The molecule has 66 valence electrons. The molecule has 1 heterocycles. The third-order valence-electron chi connectivity index (χ3n) is 1.84.